The maximum atomic E-state index is 7.95. The number of fused-ring (bicyclic) bond motifs is 4. The van der Waals surface area contributed by atoms with Crippen LogP contribution in [0.15, 0.2) is 118 Å². The number of rotatable bonds is 4. The van der Waals surface area contributed by atoms with Crippen molar-refractivity contribution in [2.45, 2.75) is 7.35 Å². The first-order chi connectivity index (χ1) is 19.1. The molecule has 0 saturated heterocycles. The third kappa shape index (κ3) is 3.57. The van der Waals surface area contributed by atoms with Gasteiger partial charge in [-0.1, -0.05) is 0 Å². The molecule has 188 valence electrons. The Labute approximate surface area is 237 Å². The second kappa shape index (κ2) is 8.96. The van der Waals surface area contributed by atoms with Gasteiger partial charge in [0.25, 0.3) is 0 Å². The Bertz CT molecular complexity index is 1830. The van der Waals surface area contributed by atoms with E-state index in [1.165, 1.54) is 11.1 Å². The fourth-order valence-corrected chi connectivity index (χ4v) is 24.8. The molecule has 6 aromatic rings. The van der Waals surface area contributed by atoms with Gasteiger partial charge in [0.2, 0.25) is 0 Å². The summed E-state index contributed by atoms with van der Waals surface area (Å²) in [5, 5.41) is 4.31. The molecule has 0 amide bonds. The molecule has 2 atom stereocenters. The van der Waals surface area contributed by atoms with Crippen LogP contribution in [-0.4, -0.2) is 0 Å². The molecule has 2 unspecified atom stereocenters. The molecule has 8 rings (SSSR count). The molecule has 0 saturated carbocycles. The van der Waals surface area contributed by atoms with Gasteiger partial charge in [0.1, 0.15) is 0 Å². The van der Waals surface area contributed by atoms with Crippen LogP contribution in [0.4, 0.5) is 0 Å². The molecular formula is C34H22Cl2HfO2. The van der Waals surface area contributed by atoms with E-state index in [-0.39, 0.29) is 7.35 Å². The Hall–Kier alpha value is -3.11. The molecule has 0 spiro atoms. The van der Waals surface area contributed by atoms with E-state index in [4.69, 9.17) is 26.0 Å². The Morgan fingerprint density at radius 2 is 0.923 bits per heavy atom. The average molecular weight is 712 g/mol. The molecule has 5 heteroatoms. The third-order valence-electron chi connectivity index (χ3n) is 8.17. The zero-order valence-electron chi connectivity index (χ0n) is 20.8. The fraction of sp³-hybridized carbons (Fsp3) is 0.0588. The van der Waals surface area contributed by atoms with Crippen molar-refractivity contribution in [3.63, 3.8) is 0 Å². The minimum absolute atomic E-state index is 0.118. The van der Waals surface area contributed by atoms with Crippen LogP contribution in [0.2, 0.25) is 0 Å². The van der Waals surface area contributed by atoms with Crippen molar-refractivity contribution in [3.8, 4) is 0 Å². The number of halogens is 2. The molecule has 2 aliphatic rings. The molecular weight excluding hydrogens is 690 g/mol. The van der Waals surface area contributed by atoms with E-state index in [9.17, 15) is 0 Å². The van der Waals surface area contributed by atoms with E-state index in [2.05, 4.69) is 84.9 Å². The first kappa shape index (κ1) is 23.8. The number of hydrogen-bond acceptors (Lipinski definition) is 2. The minimum atomic E-state index is -4.46. The van der Waals surface area contributed by atoms with Gasteiger partial charge in [-0.2, -0.15) is 0 Å². The number of benzene rings is 4. The first-order valence-electron chi connectivity index (χ1n) is 13.0. The Morgan fingerprint density at radius 3 is 1.41 bits per heavy atom. The summed E-state index contributed by atoms with van der Waals surface area (Å²) in [5.74, 6) is 1.72. The van der Waals surface area contributed by atoms with Gasteiger partial charge < -0.3 is 0 Å². The summed E-state index contributed by atoms with van der Waals surface area (Å²) < 4.78 is 12.3. The molecule has 0 N–H and O–H groups in total. The van der Waals surface area contributed by atoms with E-state index in [0.29, 0.717) is 0 Å². The van der Waals surface area contributed by atoms with Crippen molar-refractivity contribution in [2.75, 3.05) is 0 Å². The molecule has 0 fully saturated rings. The maximum absolute atomic E-state index is 7.95. The number of allylic oxidation sites excluding steroid dienone is 2. The van der Waals surface area contributed by atoms with E-state index in [0.717, 1.165) is 55.3 Å². The van der Waals surface area contributed by atoms with E-state index < -0.39 is 17.6 Å². The predicted molar refractivity (Wildman–Crippen MR) is 158 cm³/mol. The standard InChI is InChI=1S/2C17H11O.2ClH.Hf/c2*1-2-6-13-10-15(9-12(13)5-1)17-16-8-4-3-7-14(16)11-18-17;;;/h2*1-11H;2*1H;/q;;;;+2/p-2. The quantitative estimate of drug-likeness (QED) is 0.170. The van der Waals surface area contributed by atoms with Gasteiger partial charge in [-0.3, -0.25) is 0 Å². The zero-order valence-corrected chi connectivity index (χ0v) is 25.9. The second-order valence-corrected chi connectivity index (χ2v) is 31.1. The Balaban J connectivity index is 1.34. The van der Waals surface area contributed by atoms with Crippen LogP contribution in [0.3, 0.4) is 0 Å². The van der Waals surface area contributed by atoms with Crippen molar-refractivity contribution in [3.05, 3.63) is 143 Å². The van der Waals surface area contributed by atoms with Crippen LogP contribution in [0, 0.1) is 0 Å². The van der Waals surface area contributed by atoms with Gasteiger partial charge in [0.15, 0.2) is 0 Å². The first-order valence-corrected chi connectivity index (χ1v) is 26.1. The molecule has 2 aromatic heterocycles. The van der Waals surface area contributed by atoms with Gasteiger partial charge >= 0.3 is 239 Å². The van der Waals surface area contributed by atoms with Crippen LogP contribution >= 0.6 is 17.2 Å². The van der Waals surface area contributed by atoms with Crippen LogP contribution in [0.25, 0.3) is 44.8 Å². The Kier molecular flexibility index (Phi) is 5.45. The van der Waals surface area contributed by atoms with Crippen LogP contribution < -0.4 is 0 Å². The molecule has 2 nitrogen and oxygen atoms in total. The SMILES string of the molecule is [Cl][Hf]([Cl])([CH]1C(c2occ3ccccc23)=Cc2ccccc21)[CH]1C(c2occ3ccccc23)=Cc2ccccc21. The summed E-state index contributed by atoms with van der Waals surface area (Å²) in [6, 6.07) is 33.5. The Morgan fingerprint density at radius 1 is 0.513 bits per heavy atom. The molecule has 2 aliphatic carbocycles. The predicted octanol–water partition coefficient (Wildman–Crippen LogP) is 10.5. The molecule has 0 bridgehead atoms. The van der Waals surface area contributed by atoms with Crippen molar-refractivity contribution in [1.82, 2.24) is 0 Å². The second-order valence-electron chi connectivity index (χ2n) is 10.3. The van der Waals surface area contributed by atoms with Gasteiger partial charge in [-0.25, -0.2) is 0 Å². The van der Waals surface area contributed by atoms with Gasteiger partial charge in [0, 0.05) is 0 Å². The number of furan rings is 2. The van der Waals surface area contributed by atoms with Crippen LogP contribution in [-0.2, 0) is 17.6 Å². The van der Waals surface area contributed by atoms with Crippen molar-refractivity contribution in [1.29, 1.82) is 0 Å². The molecule has 39 heavy (non-hydrogen) atoms. The summed E-state index contributed by atoms with van der Waals surface area (Å²) in [4.78, 5) is 0. The van der Waals surface area contributed by atoms with E-state index in [1.54, 1.807) is 0 Å². The summed E-state index contributed by atoms with van der Waals surface area (Å²) >= 11 is -4.46. The van der Waals surface area contributed by atoms with E-state index in [1.807, 2.05) is 36.8 Å². The fourth-order valence-electron chi connectivity index (χ4n) is 6.47. The summed E-state index contributed by atoms with van der Waals surface area (Å²) in [6.07, 6.45) is 8.13. The normalized spacial score (nSPS) is 18.3. The van der Waals surface area contributed by atoms with Gasteiger partial charge in [0.05, 0.1) is 0 Å². The topological polar surface area (TPSA) is 26.3 Å². The third-order valence-corrected chi connectivity index (χ3v) is 25.3. The van der Waals surface area contributed by atoms with Crippen LogP contribution in [0.1, 0.15) is 41.1 Å². The summed E-state index contributed by atoms with van der Waals surface area (Å²) in [7, 11) is 15.9. The molecule has 0 radical (unpaired) electrons. The van der Waals surface area contributed by atoms with Crippen molar-refractivity contribution < 1.29 is 26.4 Å². The molecule has 2 heterocycles. The van der Waals surface area contributed by atoms with Crippen molar-refractivity contribution >= 4 is 62.0 Å². The zero-order chi connectivity index (χ0) is 26.1. The average Bonchev–Trinajstić information content (AvgIpc) is 3.74. The molecule has 0 aliphatic heterocycles. The summed E-state index contributed by atoms with van der Waals surface area (Å²) in [5.41, 5.74) is 6.85. The monoisotopic (exact) mass is 712 g/mol. The van der Waals surface area contributed by atoms with Gasteiger partial charge in [-0.05, 0) is 0 Å². The van der Waals surface area contributed by atoms with Crippen LogP contribution in [0.5, 0.6) is 0 Å². The number of hydrogen-bond donors (Lipinski definition) is 0. The van der Waals surface area contributed by atoms with Crippen molar-refractivity contribution in [2.24, 2.45) is 0 Å². The van der Waals surface area contributed by atoms with E-state index >= 15 is 0 Å². The van der Waals surface area contributed by atoms with Gasteiger partial charge in [-0.15, -0.1) is 0 Å². The molecule has 4 aromatic carbocycles. The summed E-state index contributed by atoms with van der Waals surface area (Å²) in [6.45, 7) is 0.